The number of likely N-dealkylation sites (N-methyl/N-ethyl adjacent to an activating group) is 1. The van der Waals surface area contributed by atoms with Gasteiger partial charge in [0.05, 0.1) is 6.10 Å². The Labute approximate surface area is 113 Å². The Hall–Kier alpha value is -0.0800. The predicted molar refractivity (Wildman–Crippen MR) is 76.7 cm³/mol. The summed E-state index contributed by atoms with van der Waals surface area (Å²) in [6.45, 7) is 5.67. The zero-order chi connectivity index (χ0) is 13.0. The molecule has 0 amide bonds. The van der Waals surface area contributed by atoms with Crippen molar-refractivity contribution in [3.63, 3.8) is 0 Å². The molecule has 2 fully saturated rings. The molecule has 1 N–H and O–H groups in total. The zero-order valence-corrected chi connectivity index (χ0v) is 12.3. The number of hydrogen-bond acceptors (Lipinski definition) is 2. The molecule has 0 aromatic carbocycles. The van der Waals surface area contributed by atoms with Gasteiger partial charge in [0, 0.05) is 12.1 Å². The lowest BCUT2D eigenvalue weighted by Gasteiger charge is -2.43. The molecular formula is C16H31NO. The first-order valence-electron chi connectivity index (χ1n) is 8.20. The summed E-state index contributed by atoms with van der Waals surface area (Å²) in [7, 11) is 0. The molecule has 2 heteroatoms. The second-order valence-corrected chi connectivity index (χ2v) is 6.37. The number of aliphatic hydroxyl groups is 1. The molecule has 0 aliphatic heterocycles. The molecule has 106 valence electrons. The third kappa shape index (κ3) is 3.27. The number of hydrogen-bond donors (Lipinski definition) is 1. The van der Waals surface area contributed by atoms with Crippen molar-refractivity contribution in [3.05, 3.63) is 0 Å². The van der Waals surface area contributed by atoms with Crippen LogP contribution in [-0.2, 0) is 0 Å². The standard InChI is InChI=1S/C16H31NO/c1-3-7-13-10-11-16(18)15(12-13)17(4-2)14-8-5-6-9-14/h13-16,18H,3-12H2,1-2H3. The van der Waals surface area contributed by atoms with Gasteiger partial charge in [0.25, 0.3) is 0 Å². The van der Waals surface area contributed by atoms with E-state index in [-0.39, 0.29) is 6.10 Å². The highest BCUT2D eigenvalue weighted by Gasteiger charge is 2.36. The van der Waals surface area contributed by atoms with Crippen LogP contribution >= 0.6 is 0 Å². The fourth-order valence-corrected chi connectivity index (χ4v) is 4.24. The van der Waals surface area contributed by atoms with Gasteiger partial charge in [-0.3, -0.25) is 4.90 Å². The Kier molecular flexibility index (Phi) is 5.50. The molecule has 0 spiro atoms. The summed E-state index contributed by atoms with van der Waals surface area (Å²) >= 11 is 0. The highest BCUT2D eigenvalue weighted by Crippen LogP contribution is 2.34. The smallest absolute Gasteiger partial charge is 0.0695 e. The average Bonchev–Trinajstić information content (AvgIpc) is 2.88. The summed E-state index contributed by atoms with van der Waals surface area (Å²) in [6.07, 6.45) is 11.6. The van der Waals surface area contributed by atoms with Gasteiger partial charge < -0.3 is 5.11 Å². The van der Waals surface area contributed by atoms with Crippen molar-refractivity contribution >= 4 is 0 Å². The molecule has 3 atom stereocenters. The summed E-state index contributed by atoms with van der Waals surface area (Å²) in [5, 5.41) is 10.4. The summed E-state index contributed by atoms with van der Waals surface area (Å²) in [5.41, 5.74) is 0. The van der Waals surface area contributed by atoms with Crippen molar-refractivity contribution in [1.82, 2.24) is 4.90 Å². The van der Waals surface area contributed by atoms with Crippen LogP contribution in [0.1, 0.15) is 71.6 Å². The van der Waals surface area contributed by atoms with Crippen molar-refractivity contribution < 1.29 is 5.11 Å². The lowest BCUT2D eigenvalue weighted by molar-refractivity contribution is -0.0144. The number of aliphatic hydroxyl groups excluding tert-OH is 1. The molecule has 2 rings (SSSR count). The van der Waals surface area contributed by atoms with E-state index in [1.807, 2.05) is 0 Å². The van der Waals surface area contributed by atoms with Crippen LogP contribution in [-0.4, -0.2) is 34.7 Å². The quantitative estimate of drug-likeness (QED) is 0.809. The van der Waals surface area contributed by atoms with Gasteiger partial charge >= 0.3 is 0 Å². The Morgan fingerprint density at radius 3 is 2.39 bits per heavy atom. The van der Waals surface area contributed by atoms with Crippen molar-refractivity contribution in [3.8, 4) is 0 Å². The Balaban J connectivity index is 1.97. The Morgan fingerprint density at radius 2 is 1.78 bits per heavy atom. The Morgan fingerprint density at radius 1 is 1.06 bits per heavy atom. The van der Waals surface area contributed by atoms with Crippen LogP contribution in [0.25, 0.3) is 0 Å². The molecule has 3 unspecified atom stereocenters. The molecule has 0 saturated heterocycles. The molecule has 0 aromatic rings. The van der Waals surface area contributed by atoms with Crippen LogP contribution in [0, 0.1) is 5.92 Å². The van der Waals surface area contributed by atoms with Crippen molar-refractivity contribution in [1.29, 1.82) is 0 Å². The maximum atomic E-state index is 10.4. The van der Waals surface area contributed by atoms with Gasteiger partial charge in [-0.1, -0.05) is 39.5 Å². The van der Waals surface area contributed by atoms with E-state index in [4.69, 9.17) is 0 Å². The lowest BCUT2D eigenvalue weighted by atomic mass is 9.80. The lowest BCUT2D eigenvalue weighted by Crippen LogP contribution is -2.51. The SMILES string of the molecule is CCCC1CCC(O)C(N(CC)C2CCCC2)C1. The van der Waals surface area contributed by atoms with Gasteiger partial charge in [-0.05, 0) is 44.6 Å². The van der Waals surface area contributed by atoms with Gasteiger partial charge in [-0.15, -0.1) is 0 Å². The van der Waals surface area contributed by atoms with Crippen LogP contribution in [0.2, 0.25) is 0 Å². The molecule has 0 radical (unpaired) electrons. The van der Waals surface area contributed by atoms with E-state index in [0.29, 0.717) is 6.04 Å². The fourth-order valence-electron chi connectivity index (χ4n) is 4.24. The minimum atomic E-state index is -0.0707. The number of rotatable bonds is 5. The van der Waals surface area contributed by atoms with Crippen molar-refractivity contribution in [2.45, 2.75) is 89.8 Å². The maximum absolute atomic E-state index is 10.4. The molecule has 2 saturated carbocycles. The second-order valence-electron chi connectivity index (χ2n) is 6.37. The minimum absolute atomic E-state index is 0.0707. The third-order valence-electron chi connectivity index (χ3n) is 5.17. The monoisotopic (exact) mass is 253 g/mol. The molecule has 0 aromatic heterocycles. The summed E-state index contributed by atoms with van der Waals surface area (Å²) in [4.78, 5) is 2.64. The summed E-state index contributed by atoms with van der Waals surface area (Å²) < 4.78 is 0. The van der Waals surface area contributed by atoms with Gasteiger partial charge in [0.2, 0.25) is 0 Å². The minimum Gasteiger partial charge on any atom is -0.391 e. The van der Waals surface area contributed by atoms with Crippen LogP contribution in [0.3, 0.4) is 0 Å². The third-order valence-corrected chi connectivity index (χ3v) is 5.17. The normalized spacial score (nSPS) is 34.3. The molecule has 2 aliphatic rings. The summed E-state index contributed by atoms with van der Waals surface area (Å²) in [5.74, 6) is 0.860. The van der Waals surface area contributed by atoms with Gasteiger partial charge in [0.1, 0.15) is 0 Å². The topological polar surface area (TPSA) is 23.5 Å². The highest BCUT2D eigenvalue weighted by atomic mass is 16.3. The van der Waals surface area contributed by atoms with E-state index in [9.17, 15) is 5.11 Å². The predicted octanol–water partition coefficient (Wildman–Crippen LogP) is 3.58. The molecule has 0 bridgehead atoms. The largest absolute Gasteiger partial charge is 0.391 e. The Bertz CT molecular complexity index is 237. The van der Waals surface area contributed by atoms with Gasteiger partial charge in [-0.25, -0.2) is 0 Å². The van der Waals surface area contributed by atoms with Gasteiger partial charge in [-0.2, -0.15) is 0 Å². The van der Waals surface area contributed by atoms with Gasteiger partial charge in [0.15, 0.2) is 0 Å². The van der Waals surface area contributed by atoms with Crippen molar-refractivity contribution in [2.75, 3.05) is 6.54 Å². The number of nitrogens with zero attached hydrogens (tertiary/aromatic N) is 1. The van der Waals surface area contributed by atoms with E-state index < -0.39 is 0 Å². The first kappa shape index (κ1) is 14.3. The van der Waals surface area contributed by atoms with Crippen LogP contribution < -0.4 is 0 Å². The van der Waals surface area contributed by atoms with E-state index in [2.05, 4.69) is 18.7 Å². The van der Waals surface area contributed by atoms with E-state index in [1.54, 1.807) is 0 Å². The van der Waals surface area contributed by atoms with E-state index >= 15 is 0 Å². The average molecular weight is 253 g/mol. The summed E-state index contributed by atoms with van der Waals surface area (Å²) in [6, 6.07) is 1.21. The molecular weight excluding hydrogens is 222 g/mol. The maximum Gasteiger partial charge on any atom is 0.0695 e. The van der Waals surface area contributed by atoms with E-state index in [1.165, 1.54) is 51.4 Å². The second kappa shape index (κ2) is 6.91. The molecule has 0 heterocycles. The zero-order valence-electron chi connectivity index (χ0n) is 12.3. The fraction of sp³-hybridized carbons (Fsp3) is 1.00. The van der Waals surface area contributed by atoms with Crippen LogP contribution in [0.5, 0.6) is 0 Å². The first-order valence-corrected chi connectivity index (χ1v) is 8.20. The van der Waals surface area contributed by atoms with Crippen LogP contribution in [0.15, 0.2) is 0 Å². The highest BCUT2D eigenvalue weighted by molar-refractivity contribution is 4.90. The van der Waals surface area contributed by atoms with E-state index in [0.717, 1.165) is 24.9 Å². The first-order chi connectivity index (χ1) is 8.76. The van der Waals surface area contributed by atoms with Crippen molar-refractivity contribution in [2.24, 2.45) is 5.92 Å². The molecule has 2 aliphatic carbocycles. The molecule has 2 nitrogen and oxygen atoms in total. The molecule has 18 heavy (non-hydrogen) atoms. The van der Waals surface area contributed by atoms with Crippen LogP contribution in [0.4, 0.5) is 0 Å².